The molecule has 0 aliphatic heterocycles. The number of hydrogen-bond acceptors (Lipinski definition) is 5. The zero-order valence-electron chi connectivity index (χ0n) is 21.0. The molecule has 0 saturated heterocycles. The second kappa shape index (κ2) is 9.33. The van der Waals surface area contributed by atoms with E-state index in [1.54, 1.807) is 45.8 Å². The summed E-state index contributed by atoms with van der Waals surface area (Å²) in [4.78, 5) is 26.0. The fourth-order valence-electron chi connectivity index (χ4n) is 4.60. The number of alkyl halides is 3. The van der Waals surface area contributed by atoms with E-state index in [0.717, 1.165) is 24.6 Å². The van der Waals surface area contributed by atoms with Crippen LogP contribution in [0.25, 0.3) is 33.9 Å². The molecule has 0 unspecified atom stereocenters. The van der Waals surface area contributed by atoms with Crippen molar-refractivity contribution in [2.24, 2.45) is 0 Å². The lowest BCUT2D eigenvalue weighted by molar-refractivity contribution is -0.140. The quantitative estimate of drug-likeness (QED) is 0.252. The largest absolute Gasteiger partial charge is 0.434 e. The van der Waals surface area contributed by atoms with Crippen LogP contribution in [0.1, 0.15) is 50.0 Å². The normalized spacial score (nSPS) is 14.0. The third kappa shape index (κ3) is 4.71. The highest BCUT2D eigenvalue weighted by molar-refractivity contribution is 6.32. The van der Waals surface area contributed by atoms with Crippen LogP contribution in [0.15, 0.2) is 59.8 Å². The summed E-state index contributed by atoms with van der Waals surface area (Å²) >= 11 is 6.40. The van der Waals surface area contributed by atoms with Gasteiger partial charge < -0.3 is 4.57 Å². The molecule has 1 fully saturated rings. The average molecular weight is 554 g/mol. The highest BCUT2D eigenvalue weighted by Crippen LogP contribution is 2.41. The Balaban J connectivity index is 1.36. The van der Waals surface area contributed by atoms with E-state index in [4.69, 9.17) is 16.6 Å². The molecule has 0 radical (unpaired) electrons. The van der Waals surface area contributed by atoms with Crippen LogP contribution in [0.3, 0.4) is 0 Å². The van der Waals surface area contributed by atoms with Gasteiger partial charge in [-0.05, 0) is 38.3 Å². The van der Waals surface area contributed by atoms with Crippen molar-refractivity contribution in [3.8, 4) is 22.9 Å². The second-order valence-corrected chi connectivity index (χ2v) is 10.3. The molecule has 4 aromatic heterocycles. The van der Waals surface area contributed by atoms with E-state index in [1.165, 1.54) is 16.8 Å². The predicted molar refractivity (Wildman–Crippen MR) is 140 cm³/mol. The van der Waals surface area contributed by atoms with Gasteiger partial charge in [-0.15, -0.1) is 0 Å². The lowest BCUT2D eigenvalue weighted by Gasteiger charge is -2.13. The number of hydrogen-bond donors (Lipinski definition) is 0. The van der Waals surface area contributed by atoms with Gasteiger partial charge in [-0.2, -0.15) is 18.3 Å². The second-order valence-electron chi connectivity index (χ2n) is 9.89. The molecule has 4 heterocycles. The van der Waals surface area contributed by atoms with E-state index in [-0.39, 0.29) is 30.0 Å². The van der Waals surface area contributed by atoms with Gasteiger partial charge in [0, 0.05) is 41.5 Å². The molecule has 0 bridgehead atoms. The molecular formula is C27H23ClF3N7O. The van der Waals surface area contributed by atoms with Gasteiger partial charge in [0.15, 0.2) is 11.5 Å². The minimum atomic E-state index is -4.51. The van der Waals surface area contributed by atoms with Crippen molar-refractivity contribution in [2.75, 3.05) is 0 Å². The molecule has 0 N–H and O–H groups in total. The highest BCUT2D eigenvalue weighted by atomic mass is 35.5. The Bertz CT molecular complexity index is 1750. The summed E-state index contributed by atoms with van der Waals surface area (Å²) < 4.78 is 44.8. The Hall–Kier alpha value is -3.99. The molecule has 8 nitrogen and oxygen atoms in total. The maximum absolute atomic E-state index is 13.3. The first kappa shape index (κ1) is 25.3. The Morgan fingerprint density at radius 1 is 1.05 bits per heavy atom. The monoisotopic (exact) mass is 553 g/mol. The number of benzene rings is 1. The molecular weight excluding hydrogens is 531 g/mol. The number of aromatic nitrogens is 7. The van der Waals surface area contributed by atoms with Gasteiger partial charge in [0.05, 0.1) is 17.8 Å². The van der Waals surface area contributed by atoms with Crippen molar-refractivity contribution in [1.82, 2.24) is 33.9 Å². The average Bonchev–Trinajstić information content (AvgIpc) is 3.51. The first-order valence-electron chi connectivity index (χ1n) is 12.5. The zero-order chi connectivity index (χ0) is 27.5. The third-order valence-corrected chi connectivity index (χ3v) is 6.97. The molecule has 1 aromatic carbocycles. The number of pyridine rings is 1. The summed E-state index contributed by atoms with van der Waals surface area (Å²) in [6.45, 7) is 4.14. The number of rotatable bonds is 6. The molecule has 6 rings (SSSR count). The fourth-order valence-corrected chi connectivity index (χ4v) is 4.81. The smallest absolute Gasteiger partial charge is 0.327 e. The minimum absolute atomic E-state index is 0.0194. The molecule has 39 heavy (non-hydrogen) atoms. The van der Waals surface area contributed by atoms with E-state index in [9.17, 15) is 18.0 Å². The summed E-state index contributed by atoms with van der Waals surface area (Å²) in [6.07, 6.45) is 1.41. The molecule has 200 valence electrons. The van der Waals surface area contributed by atoms with Crippen molar-refractivity contribution in [3.05, 3.63) is 81.6 Å². The van der Waals surface area contributed by atoms with Crippen LogP contribution in [0.2, 0.25) is 5.02 Å². The molecule has 0 amide bonds. The lowest BCUT2D eigenvalue weighted by Crippen LogP contribution is -2.21. The van der Waals surface area contributed by atoms with Crippen LogP contribution < -0.4 is 5.56 Å². The number of nitrogens with zero attached hydrogens (tertiary/aromatic N) is 7. The summed E-state index contributed by atoms with van der Waals surface area (Å²) in [5.74, 6) is 0.635. The van der Waals surface area contributed by atoms with Crippen molar-refractivity contribution in [3.63, 3.8) is 0 Å². The third-order valence-electron chi connectivity index (χ3n) is 6.69. The van der Waals surface area contributed by atoms with Crippen molar-refractivity contribution in [1.29, 1.82) is 0 Å². The van der Waals surface area contributed by atoms with E-state index < -0.39 is 11.9 Å². The van der Waals surface area contributed by atoms with Crippen LogP contribution in [0, 0.1) is 0 Å². The van der Waals surface area contributed by atoms with Gasteiger partial charge in [-0.1, -0.05) is 35.9 Å². The van der Waals surface area contributed by atoms with E-state index in [1.807, 2.05) is 13.8 Å². The fraction of sp³-hybridized carbons (Fsp3) is 0.296. The van der Waals surface area contributed by atoms with Crippen LogP contribution in [-0.2, 0) is 12.7 Å². The van der Waals surface area contributed by atoms with E-state index >= 15 is 0 Å². The van der Waals surface area contributed by atoms with Gasteiger partial charge in [-0.3, -0.25) is 14.0 Å². The summed E-state index contributed by atoms with van der Waals surface area (Å²) in [5.41, 5.74) is 1.20. The van der Waals surface area contributed by atoms with Gasteiger partial charge in [0.2, 0.25) is 0 Å². The van der Waals surface area contributed by atoms with Crippen LogP contribution in [0.4, 0.5) is 13.2 Å². The van der Waals surface area contributed by atoms with Crippen LogP contribution in [-0.4, -0.2) is 33.9 Å². The van der Waals surface area contributed by atoms with Gasteiger partial charge >= 0.3 is 6.18 Å². The number of fused-ring (bicyclic) bond motifs is 1. The maximum Gasteiger partial charge on any atom is 0.434 e. The SMILES string of the molecule is CC(C)n1ncc(Cl)c1-c1ncc2ccc(=O)n(Cc3ccc(-c4nc(C(F)(F)F)cn4C4CC4)cc3)c2n1. The predicted octanol–water partition coefficient (Wildman–Crippen LogP) is 6.15. The van der Waals surface area contributed by atoms with Crippen LogP contribution >= 0.6 is 11.6 Å². The summed E-state index contributed by atoms with van der Waals surface area (Å²) in [6, 6.07) is 10.2. The molecule has 1 aliphatic carbocycles. The summed E-state index contributed by atoms with van der Waals surface area (Å²) in [5, 5.41) is 5.39. The molecule has 1 aliphatic rings. The van der Waals surface area contributed by atoms with Crippen molar-refractivity contribution < 1.29 is 13.2 Å². The zero-order valence-corrected chi connectivity index (χ0v) is 21.8. The number of halogens is 4. The summed E-state index contributed by atoms with van der Waals surface area (Å²) in [7, 11) is 0. The minimum Gasteiger partial charge on any atom is -0.327 e. The maximum atomic E-state index is 13.3. The van der Waals surface area contributed by atoms with Gasteiger partial charge in [0.25, 0.3) is 5.56 Å². The van der Waals surface area contributed by atoms with Crippen LogP contribution in [0.5, 0.6) is 0 Å². The number of imidazole rings is 1. The highest BCUT2D eigenvalue weighted by Gasteiger charge is 2.37. The first-order valence-corrected chi connectivity index (χ1v) is 12.8. The van der Waals surface area contributed by atoms with Gasteiger partial charge in [0.1, 0.15) is 17.2 Å². The standard InChI is InChI=1S/C27H23ClF3N7O/c1-15(2)38-23(20(28)12-33-38)24-32-11-18-7-10-22(39)37(26(18)35-24)13-16-3-5-17(6-4-16)25-34-21(27(29,30)31)14-36(25)19-8-9-19/h3-7,10-12,14-15,19H,8-9,13H2,1-2H3. The molecule has 12 heteroatoms. The van der Waals surface area contributed by atoms with E-state index in [2.05, 4.69) is 15.1 Å². The Labute approximate surface area is 225 Å². The molecule has 0 spiro atoms. The Morgan fingerprint density at radius 2 is 1.79 bits per heavy atom. The molecule has 0 atom stereocenters. The van der Waals surface area contributed by atoms with Gasteiger partial charge in [-0.25, -0.2) is 15.0 Å². The molecule has 1 saturated carbocycles. The lowest BCUT2D eigenvalue weighted by atomic mass is 10.1. The van der Waals surface area contributed by atoms with Crippen molar-refractivity contribution >= 4 is 22.6 Å². The van der Waals surface area contributed by atoms with E-state index in [0.29, 0.717) is 33.1 Å². The van der Waals surface area contributed by atoms with Crippen molar-refractivity contribution in [2.45, 2.75) is 51.5 Å². The molecule has 5 aromatic rings. The Morgan fingerprint density at radius 3 is 2.46 bits per heavy atom. The Kier molecular flexibility index (Phi) is 6.05. The first-order chi connectivity index (χ1) is 18.6. The topological polar surface area (TPSA) is 83.4 Å².